The van der Waals surface area contributed by atoms with E-state index in [1.54, 1.807) is 28.6 Å². The van der Waals surface area contributed by atoms with Gasteiger partial charge in [-0.15, -0.1) is 0 Å². The second-order valence-corrected chi connectivity index (χ2v) is 7.56. The molecule has 2 heterocycles. The van der Waals surface area contributed by atoms with Crippen molar-refractivity contribution in [1.82, 2.24) is 9.78 Å². The van der Waals surface area contributed by atoms with Crippen LogP contribution in [0, 0.1) is 10.1 Å². The Morgan fingerprint density at radius 3 is 2.71 bits per heavy atom. The largest absolute Gasteiger partial charge is 0.306 e. The fourth-order valence-corrected chi connectivity index (χ4v) is 3.66. The van der Waals surface area contributed by atoms with Crippen LogP contribution in [0.1, 0.15) is 42.4 Å². The average Bonchev–Trinajstić information content (AvgIpc) is 3.09. The molecule has 0 saturated carbocycles. The monoisotopic (exact) mass is 346 g/mol. The number of anilines is 1. The van der Waals surface area contributed by atoms with Crippen LogP contribution in [0.2, 0.25) is 0 Å². The molecule has 0 saturated heterocycles. The number of thioether (sulfide) groups is 1. The number of hydrogen-bond acceptors (Lipinski definition) is 5. The number of benzene rings is 1. The Bertz CT molecular complexity index is 823. The first kappa shape index (κ1) is 16.5. The summed E-state index contributed by atoms with van der Waals surface area (Å²) in [6.07, 6.45) is 0. The summed E-state index contributed by atoms with van der Waals surface area (Å²) in [5, 5.41) is 18.6. The van der Waals surface area contributed by atoms with E-state index in [1.807, 2.05) is 20.8 Å². The summed E-state index contributed by atoms with van der Waals surface area (Å²) in [5.41, 5.74) is 1.50. The van der Waals surface area contributed by atoms with Crippen LogP contribution >= 0.6 is 11.8 Å². The third kappa shape index (κ3) is 2.89. The molecule has 1 aromatic carbocycles. The van der Waals surface area contributed by atoms with Crippen molar-refractivity contribution >= 4 is 29.2 Å². The molecule has 0 bridgehead atoms. The predicted molar refractivity (Wildman–Crippen MR) is 93.3 cm³/mol. The summed E-state index contributed by atoms with van der Waals surface area (Å²) < 4.78 is 1.80. The number of para-hydroxylation sites is 1. The van der Waals surface area contributed by atoms with Gasteiger partial charge in [0.2, 0.25) is 0 Å². The van der Waals surface area contributed by atoms with E-state index >= 15 is 0 Å². The number of rotatable bonds is 3. The minimum Gasteiger partial charge on any atom is -0.306 e. The van der Waals surface area contributed by atoms with E-state index in [-0.39, 0.29) is 16.8 Å². The van der Waals surface area contributed by atoms with Crippen molar-refractivity contribution < 1.29 is 9.72 Å². The van der Waals surface area contributed by atoms with E-state index in [4.69, 9.17) is 0 Å². The molecule has 1 aromatic heterocycles. The van der Waals surface area contributed by atoms with Gasteiger partial charge in [-0.25, -0.2) is 4.68 Å². The molecule has 0 spiro atoms. The van der Waals surface area contributed by atoms with E-state index in [2.05, 4.69) is 10.4 Å². The van der Waals surface area contributed by atoms with Gasteiger partial charge in [-0.2, -0.15) is 16.9 Å². The van der Waals surface area contributed by atoms with E-state index < -0.39 is 10.8 Å². The number of aromatic nitrogens is 2. The Kier molecular flexibility index (Phi) is 4.08. The zero-order chi connectivity index (χ0) is 17.5. The lowest BCUT2D eigenvalue weighted by Gasteiger charge is -2.23. The lowest BCUT2D eigenvalue weighted by atomic mass is 10.1. The number of hydrogen-bond donors (Lipinski definition) is 1. The molecule has 1 N–H and O–H groups in total. The smallest absolute Gasteiger partial charge is 0.282 e. The molecule has 1 amide bonds. The molecular formula is C16H18N4O3S. The second kappa shape index (κ2) is 5.94. The van der Waals surface area contributed by atoms with Crippen LogP contribution in [0.15, 0.2) is 24.3 Å². The third-order valence-corrected chi connectivity index (χ3v) is 4.73. The molecule has 126 valence electrons. The summed E-state index contributed by atoms with van der Waals surface area (Å²) >= 11 is 1.74. The average molecular weight is 346 g/mol. The van der Waals surface area contributed by atoms with Gasteiger partial charge in [-0.05, 0) is 26.8 Å². The fourth-order valence-electron chi connectivity index (χ4n) is 2.63. The standard InChI is InChI=1S/C16H18N4O3S/c1-16(2,3)19-14(11-8-24-9-12(11)18-19)17-15(21)10-6-4-5-7-13(10)20(22)23/h4-7H,8-9H2,1-3H3,(H,17,21). The molecule has 8 heteroatoms. The molecule has 0 aliphatic carbocycles. The third-order valence-electron chi connectivity index (χ3n) is 3.76. The molecular weight excluding hydrogens is 328 g/mol. The summed E-state index contributed by atoms with van der Waals surface area (Å²) in [7, 11) is 0. The van der Waals surface area contributed by atoms with Gasteiger partial charge in [0, 0.05) is 23.1 Å². The van der Waals surface area contributed by atoms with Crippen molar-refractivity contribution in [2.45, 2.75) is 37.8 Å². The van der Waals surface area contributed by atoms with Gasteiger partial charge in [0.25, 0.3) is 11.6 Å². The van der Waals surface area contributed by atoms with Crippen LogP contribution in [0.5, 0.6) is 0 Å². The van der Waals surface area contributed by atoms with Gasteiger partial charge in [0.05, 0.1) is 16.2 Å². The van der Waals surface area contributed by atoms with Crippen molar-refractivity contribution in [3.05, 3.63) is 51.2 Å². The van der Waals surface area contributed by atoms with E-state index in [0.29, 0.717) is 5.82 Å². The number of nitro groups is 1. The normalized spacial score (nSPS) is 13.6. The molecule has 0 fully saturated rings. The van der Waals surface area contributed by atoms with E-state index in [0.717, 1.165) is 22.8 Å². The van der Waals surface area contributed by atoms with Crippen LogP contribution < -0.4 is 5.32 Å². The van der Waals surface area contributed by atoms with Crippen LogP contribution in [0.4, 0.5) is 11.5 Å². The Balaban J connectivity index is 2.01. The van der Waals surface area contributed by atoms with Crippen LogP contribution in [-0.4, -0.2) is 20.6 Å². The molecule has 24 heavy (non-hydrogen) atoms. The molecule has 1 aliphatic heterocycles. The maximum Gasteiger partial charge on any atom is 0.282 e. The predicted octanol–water partition coefficient (Wildman–Crippen LogP) is 3.55. The molecule has 3 rings (SSSR count). The SMILES string of the molecule is CC(C)(C)n1nc2c(c1NC(=O)c1ccccc1[N+](=O)[O-])CSC2. The van der Waals surface area contributed by atoms with Gasteiger partial charge in [0.15, 0.2) is 0 Å². The topological polar surface area (TPSA) is 90.1 Å². The van der Waals surface area contributed by atoms with Crippen molar-refractivity contribution in [3.8, 4) is 0 Å². The Morgan fingerprint density at radius 2 is 2.04 bits per heavy atom. The first-order valence-corrected chi connectivity index (χ1v) is 8.68. The first-order chi connectivity index (χ1) is 11.3. The number of carbonyl (C=O) groups excluding carboxylic acids is 1. The maximum absolute atomic E-state index is 12.7. The fraction of sp³-hybridized carbons (Fsp3) is 0.375. The second-order valence-electron chi connectivity index (χ2n) is 6.58. The molecule has 1 aliphatic rings. The van der Waals surface area contributed by atoms with Crippen LogP contribution in [-0.2, 0) is 17.0 Å². The number of nitrogens with one attached hydrogen (secondary N) is 1. The highest BCUT2D eigenvalue weighted by Crippen LogP contribution is 2.37. The highest BCUT2D eigenvalue weighted by atomic mass is 32.2. The lowest BCUT2D eigenvalue weighted by molar-refractivity contribution is -0.385. The summed E-state index contributed by atoms with van der Waals surface area (Å²) in [5.74, 6) is 1.73. The van der Waals surface area contributed by atoms with Crippen molar-refractivity contribution in [3.63, 3.8) is 0 Å². The van der Waals surface area contributed by atoms with Gasteiger partial charge < -0.3 is 5.32 Å². The summed E-state index contributed by atoms with van der Waals surface area (Å²) in [4.78, 5) is 23.3. The van der Waals surface area contributed by atoms with Gasteiger partial charge >= 0.3 is 0 Å². The molecule has 7 nitrogen and oxygen atoms in total. The van der Waals surface area contributed by atoms with Gasteiger partial charge in [-0.1, -0.05) is 12.1 Å². The summed E-state index contributed by atoms with van der Waals surface area (Å²) in [6.45, 7) is 6.01. The van der Waals surface area contributed by atoms with Crippen LogP contribution in [0.3, 0.4) is 0 Å². The number of amides is 1. The number of nitrogens with zero attached hydrogens (tertiary/aromatic N) is 3. The number of carbonyl (C=O) groups is 1. The molecule has 0 unspecified atom stereocenters. The summed E-state index contributed by atoms with van der Waals surface area (Å²) in [6, 6.07) is 5.95. The van der Waals surface area contributed by atoms with Crippen molar-refractivity contribution in [1.29, 1.82) is 0 Å². The Hall–Kier alpha value is -2.35. The highest BCUT2D eigenvalue weighted by Gasteiger charge is 2.30. The first-order valence-electron chi connectivity index (χ1n) is 7.53. The van der Waals surface area contributed by atoms with Gasteiger partial charge in [-0.3, -0.25) is 14.9 Å². The van der Waals surface area contributed by atoms with Crippen molar-refractivity contribution in [2.75, 3.05) is 5.32 Å². The molecule has 0 radical (unpaired) electrons. The van der Waals surface area contributed by atoms with Crippen LogP contribution in [0.25, 0.3) is 0 Å². The van der Waals surface area contributed by atoms with Gasteiger partial charge in [0.1, 0.15) is 11.4 Å². The lowest BCUT2D eigenvalue weighted by Crippen LogP contribution is -2.27. The quantitative estimate of drug-likeness (QED) is 0.678. The number of fused-ring (bicyclic) bond motifs is 1. The number of nitro benzene ring substituents is 1. The maximum atomic E-state index is 12.7. The zero-order valence-electron chi connectivity index (χ0n) is 13.7. The minimum atomic E-state index is -0.545. The molecule has 2 aromatic rings. The highest BCUT2D eigenvalue weighted by molar-refractivity contribution is 7.98. The Labute approximate surface area is 143 Å². The zero-order valence-corrected chi connectivity index (χ0v) is 14.5. The van der Waals surface area contributed by atoms with E-state index in [9.17, 15) is 14.9 Å². The molecule has 0 atom stereocenters. The Morgan fingerprint density at radius 1 is 1.33 bits per heavy atom. The van der Waals surface area contributed by atoms with Crippen molar-refractivity contribution in [2.24, 2.45) is 0 Å². The van der Waals surface area contributed by atoms with E-state index in [1.165, 1.54) is 12.1 Å². The minimum absolute atomic E-state index is 0.0450.